The van der Waals surface area contributed by atoms with E-state index in [2.05, 4.69) is 30.7 Å². The molecule has 1 aliphatic rings. The van der Waals surface area contributed by atoms with Gasteiger partial charge in [-0.3, -0.25) is 0 Å². The Morgan fingerprint density at radius 2 is 2.40 bits per heavy atom. The summed E-state index contributed by atoms with van der Waals surface area (Å²) in [5, 5.41) is 0. The van der Waals surface area contributed by atoms with Gasteiger partial charge in [-0.25, -0.2) is 0 Å². The second-order valence-electron chi connectivity index (χ2n) is 2.67. The van der Waals surface area contributed by atoms with Crippen molar-refractivity contribution in [3.05, 3.63) is 24.9 Å². The van der Waals surface area contributed by atoms with Gasteiger partial charge in [0, 0.05) is 12.6 Å². The van der Waals surface area contributed by atoms with Crippen LogP contribution in [0.5, 0.6) is 0 Å². The minimum absolute atomic E-state index is 0.594. The third-order valence-electron chi connectivity index (χ3n) is 1.95. The van der Waals surface area contributed by atoms with Crippen molar-refractivity contribution >= 4 is 0 Å². The number of likely N-dealkylation sites (tertiary alicyclic amines) is 1. The molecule has 0 aromatic carbocycles. The molecule has 0 radical (unpaired) electrons. The van der Waals surface area contributed by atoms with Gasteiger partial charge in [-0.2, -0.15) is 0 Å². The van der Waals surface area contributed by atoms with Crippen molar-refractivity contribution in [3.8, 4) is 0 Å². The molecule has 1 nitrogen and oxygen atoms in total. The lowest BCUT2D eigenvalue weighted by Gasteiger charge is -2.18. The normalized spacial score (nSPS) is 26.1. The first-order chi connectivity index (χ1) is 4.88. The number of rotatable bonds is 2. The first-order valence-corrected chi connectivity index (χ1v) is 3.89. The zero-order chi connectivity index (χ0) is 7.40. The molecule has 1 atom stereocenters. The van der Waals surface area contributed by atoms with Crippen LogP contribution in [-0.2, 0) is 0 Å². The number of allylic oxidation sites excluding steroid dienone is 1. The van der Waals surface area contributed by atoms with Crippen molar-refractivity contribution in [1.29, 1.82) is 0 Å². The second-order valence-corrected chi connectivity index (χ2v) is 2.67. The van der Waals surface area contributed by atoms with Crippen LogP contribution in [0.3, 0.4) is 0 Å². The molecule has 1 aliphatic heterocycles. The third kappa shape index (κ3) is 1.41. The molecule has 0 amide bonds. The Bertz CT molecular complexity index is 138. The van der Waals surface area contributed by atoms with Gasteiger partial charge in [-0.15, -0.1) is 6.58 Å². The van der Waals surface area contributed by atoms with Gasteiger partial charge in [0.1, 0.15) is 0 Å². The second kappa shape index (κ2) is 3.45. The van der Waals surface area contributed by atoms with Gasteiger partial charge in [0.25, 0.3) is 0 Å². The quantitative estimate of drug-likeness (QED) is 0.527. The lowest BCUT2D eigenvalue weighted by Crippen LogP contribution is -2.20. The molecule has 1 unspecified atom stereocenters. The maximum absolute atomic E-state index is 3.80. The zero-order valence-electron chi connectivity index (χ0n) is 6.59. The fraction of sp³-hybridized carbons (Fsp3) is 0.556. The predicted octanol–water partition coefficient (Wildman–Crippen LogP) is 2.17. The van der Waals surface area contributed by atoms with Crippen molar-refractivity contribution in [2.45, 2.75) is 25.8 Å². The van der Waals surface area contributed by atoms with E-state index in [9.17, 15) is 0 Å². The molecule has 0 saturated carbocycles. The number of hydrogen-bond acceptors (Lipinski definition) is 1. The Hall–Kier alpha value is -0.720. The van der Waals surface area contributed by atoms with Crippen LogP contribution in [0, 0.1) is 0 Å². The van der Waals surface area contributed by atoms with Gasteiger partial charge in [0.05, 0.1) is 0 Å². The molecule has 1 heterocycles. The van der Waals surface area contributed by atoms with Crippen LogP contribution in [0.2, 0.25) is 0 Å². The Kier molecular flexibility index (Phi) is 2.55. The monoisotopic (exact) mass is 137 g/mol. The standard InChI is InChI=1S/C9H15N/c1-3-7-10-8-5-6-9(10)4-2/h3-4,7,9H,2,5-6,8H2,1H3/b7-3-. The zero-order valence-corrected chi connectivity index (χ0v) is 6.59. The fourth-order valence-corrected chi connectivity index (χ4v) is 1.44. The van der Waals surface area contributed by atoms with E-state index in [0.717, 1.165) is 0 Å². The van der Waals surface area contributed by atoms with E-state index in [1.165, 1.54) is 19.4 Å². The largest absolute Gasteiger partial charge is 0.371 e. The van der Waals surface area contributed by atoms with Crippen LogP contribution >= 0.6 is 0 Å². The molecule has 1 saturated heterocycles. The summed E-state index contributed by atoms with van der Waals surface area (Å²) in [4.78, 5) is 2.34. The van der Waals surface area contributed by atoms with Gasteiger partial charge in [-0.05, 0) is 26.0 Å². The van der Waals surface area contributed by atoms with Gasteiger partial charge < -0.3 is 4.90 Å². The minimum atomic E-state index is 0.594. The summed E-state index contributed by atoms with van der Waals surface area (Å²) in [5.74, 6) is 0. The molecule has 0 N–H and O–H groups in total. The molecule has 56 valence electrons. The highest BCUT2D eigenvalue weighted by atomic mass is 15.2. The first kappa shape index (κ1) is 7.39. The van der Waals surface area contributed by atoms with Crippen molar-refractivity contribution in [2.75, 3.05) is 6.54 Å². The molecule has 0 spiro atoms. The van der Waals surface area contributed by atoms with Crippen LogP contribution in [0.25, 0.3) is 0 Å². The summed E-state index contributed by atoms with van der Waals surface area (Å²) in [6.07, 6.45) is 8.85. The molecule has 0 aromatic rings. The summed E-state index contributed by atoms with van der Waals surface area (Å²) in [6.45, 7) is 7.05. The van der Waals surface area contributed by atoms with Crippen LogP contribution in [0.4, 0.5) is 0 Å². The van der Waals surface area contributed by atoms with E-state index in [1.54, 1.807) is 0 Å². The van der Waals surface area contributed by atoms with Gasteiger partial charge in [0.15, 0.2) is 0 Å². The SMILES string of the molecule is C=CC1CCCN1/C=C\C. The maximum Gasteiger partial charge on any atom is 0.0465 e. The first-order valence-electron chi connectivity index (χ1n) is 3.89. The van der Waals surface area contributed by atoms with Crippen LogP contribution in [0.15, 0.2) is 24.9 Å². The van der Waals surface area contributed by atoms with Crippen molar-refractivity contribution in [3.63, 3.8) is 0 Å². The van der Waals surface area contributed by atoms with E-state index >= 15 is 0 Å². The third-order valence-corrected chi connectivity index (χ3v) is 1.95. The summed E-state index contributed by atoms with van der Waals surface area (Å²) in [5.41, 5.74) is 0. The molecule has 1 rings (SSSR count). The molecule has 1 fully saturated rings. The number of nitrogens with zero attached hydrogens (tertiary/aromatic N) is 1. The molecule has 0 bridgehead atoms. The number of hydrogen-bond donors (Lipinski definition) is 0. The highest BCUT2D eigenvalue weighted by Gasteiger charge is 2.17. The average Bonchev–Trinajstić information content (AvgIpc) is 2.36. The van der Waals surface area contributed by atoms with E-state index < -0.39 is 0 Å². The van der Waals surface area contributed by atoms with Crippen molar-refractivity contribution in [2.24, 2.45) is 0 Å². The average molecular weight is 137 g/mol. The summed E-state index contributed by atoms with van der Waals surface area (Å²) < 4.78 is 0. The Morgan fingerprint density at radius 1 is 1.60 bits per heavy atom. The Morgan fingerprint density at radius 3 is 3.00 bits per heavy atom. The van der Waals surface area contributed by atoms with E-state index in [1.807, 2.05) is 6.08 Å². The molecule has 0 aliphatic carbocycles. The van der Waals surface area contributed by atoms with E-state index in [-0.39, 0.29) is 0 Å². The lowest BCUT2D eigenvalue weighted by atomic mass is 10.2. The highest BCUT2D eigenvalue weighted by Crippen LogP contribution is 2.17. The summed E-state index contributed by atoms with van der Waals surface area (Å²) in [7, 11) is 0. The van der Waals surface area contributed by atoms with Crippen LogP contribution in [0.1, 0.15) is 19.8 Å². The minimum Gasteiger partial charge on any atom is -0.371 e. The van der Waals surface area contributed by atoms with Crippen LogP contribution < -0.4 is 0 Å². The molecule has 10 heavy (non-hydrogen) atoms. The summed E-state index contributed by atoms with van der Waals surface area (Å²) >= 11 is 0. The van der Waals surface area contributed by atoms with E-state index in [4.69, 9.17) is 0 Å². The Labute approximate surface area is 63.0 Å². The predicted molar refractivity (Wildman–Crippen MR) is 44.7 cm³/mol. The lowest BCUT2D eigenvalue weighted by molar-refractivity contribution is 0.401. The van der Waals surface area contributed by atoms with Gasteiger partial charge in [0.2, 0.25) is 0 Å². The smallest absolute Gasteiger partial charge is 0.0465 e. The summed E-state index contributed by atoms with van der Waals surface area (Å²) in [6, 6.07) is 0.594. The van der Waals surface area contributed by atoms with Gasteiger partial charge in [-0.1, -0.05) is 12.2 Å². The van der Waals surface area contributed by atoms with Gasteiger partial charge >= 0.3 is 0 Å². The van der Waals surface area contributed by atoms with E-state index in [0.29, 0.717) is 6.04 Å². The molecule has 1 heteroatoms. The molecule has 0 aromatic heterocycles. The van der Waals surface area contributed by atoms with Crippen molar-refractivity contribution in [1.82, 2.24) is 4.90 Å². The maximum atomic E-state index is 3.80. The highest BCUT2D eigenvalue weighted by molar-refractivity contribution is 4.97. The molecular formula is C9H15N. The van der Waals surface area contributed by atoms with Crippen molar-refractivity contribution < 1.29 is 0 Å². The topological polar surface area (TPSA) is 3.24 Å². The fourth-order valence-electron chi connectivity index (χ4n) is 1.44. The Balaban J connectivity index is 2.49. The molecular weight excluding hydrogens is 122 g/mol. The van der Waals surface area contributed by atoms with Crippen LogP contribution in [-0.4, -0.2) is 17.5 Å².